The number of hydrogen-bond donors (Lipinski definition) is 1. The third kappa shape index (κ3) is 2.07. The van der Waals surface area contributed by atoms with Crippen molar-refractivity contribution in [2.45, 2.75) is 4.90 Å². The van der Waals surface area contributed by atoms with Gasteiger partial charge in [-0.2, -0.15) is 0 Å². The van der Waals surface area contributed by atoms with Crippen LogP contribution in [0.25, 0.3) is 0 Å². The first-order valence-electron chi connectivity index (χ1n) is 3.36. The van der Waals surface area contributed by atoms with Crippen molar-refractivity contribution in [1.29, 1.82) is 0 Å². The summed E-state index contributed by atoms with van der Waals surface area (Å²) in [6, 6.07) is 3.84. The van der Waals surface area contributed by atoms with Crippen LogP contribution in [0, 0.1) is 5.82 Å². The van der Waals surface area contributed by atoms with Crippen molar-refractivity contribution in [2.24, 2.45) is 0 Å². The number of rotatable bonds is 2. The van der Waals surface area contributed by atoms with Gasteiger partial charge in [0.2, 0.25) is 10.0 Å². The molecule has 13 heavy (non-hydrogen) atoms. The molecule has 0 amide bonds. The van der Waals surface area contributed by atoms with Crippen LogP contribution in [0.15, 0.2) is 27.6 Å². The van der Waals surface area contributed by atoms with E-state index in [-0.39, 0.29) is 9.37 Å². The summed E-state index contributed by atoms with van der Waals surface area (Å²) in [7, 11) is -2.32. The first-order chi connectivity index (χ1) is 5.99. The average Bonchev–Trinajstić information content (AvgIpc) is 2.09. The first kappa shape index (κ1) is 10.6. The van der Waals surface area contributed by atoms with E-state index < -0.39 is 15.8 Å². The summed E-state index contributed by atoms with van der Waals surface area (Å²) in [5, 5.41) is 0. The molecule has 0 unspecified atom stereocenters. The van der Waals surface area contributed by atoms with Crippen LogP contribution < -0.4 is 4.72 Å². The lowest BCUT2D eigenvalue weighted by Gasteiger charge is -2.04. The number of halogens is 2. The number of sulfonamides is 1. The Bertz CT molecular complexity index is 419. The minimum atomic E-state index is -3.59. The fraction of sp³-hybridized carbons (Fsp3) is 0.143. The summed E-state index contributed by atoms with van der Waals surface area (Å²) < 4.78 is 37.5. The predicted molar refractivity (Wildman–Crippen MR) is 50.3 cm³/mol. The van der Waals surface area contributed by atoms with E-state index in [1.54, 1.807) is 0 Å². The van der Waals surface area contributed by atoms with E-state index in [0.717, 1.165) is 0 Å². The van der Waals surface area contributed by atoms with Crippen LogP contribution in [-0.4, -0.2) is 15.5 Å². The van der Waals surface area contributed by atoms with Gasteiger partial charge in [0, 0.05) is 0 Å². The van der Waals surface area contributed by atoms with Gasteiger partial charge in [-0.25, -0.2) is 17.5 Å². The Kier molecular flexibility index (Phi) is 3.05. The van der Waals surface area contributed by atoms with Gasteiger partial charge in [0.1, 0.15) is 5.82 Å². The first-order valence-corrected chi connectivity index (χ1v) is 5.64. The minimum Gasteiger partial charge on any atom is -0.214 e. The van der Waals surface area contributed by atoms with Crippen LogP contribution in [0.3, 0.4) is 0 Å². The molecule has 1 aromatic carbocycles. The van der Waals surface area contributed by atoms with E-state index in [1.807, 2.05) is 0 Å². The molecule has 0 atom stereocenters. The van der Waals surface area contributed by atoms with Gasteiger partial charge in [0.15, 0.2) is 0 Å². The van der Waals surface area contributed by atoms with Crippen LogP contribution in [0.2, 0.25) is 0 Å². The fourth-order valence-corrected chi connectivity index (χ4v) is 2.52. The summed E-state index contributed by atoms with van der Waals surface area (Å²) in [5.41, 5.74) is 0. The molecule has 0 spiro atoms. The molecular weight excluding hydrogens is 261 g/mol. The third-order valence-corrected chi connectivity index (χ3v) is 4.00. The molecule has 0 bridgehead atoms. The van der Waals surface area contributed by atoms with E-state index in [9.17, 15) is 12.8 Å². The molecule has 72 valence electrons. The Balaban J connectivity index is 3.40. The van der Waals surface area contributed by atoms with Gasteiger partial charge >= 0.3 is 0 Å². The van der Waals surface area contributed by atoms with E-state index in [4.69, 9.17) is 0 Å². The van der Waals surface area contributed by atoms with Crippen LogP contribution in [0.5, 0.6) is 0 Å². The van der Waals surface area contributed by atoms with Crippen LogP contribution in [-0.2, 0) is 10.0 Å². The molecule has 0 aliphatic heterocycles. The van der Waals surface area contributed by atoms with Crippen LogP contribution >= 0.6 is 15.9 Å². The summed E-state index contributed by atoms with van der Waals surface area (Å²) in [6.07, 6.45) is 0. The molecule has 1 N–H and O–H groups in total. The molecule has 1 aromatic rings. The Morgan fingerprint density at radius 3 is 2.62 bits per heavy atom. The Morgan fingerprint density at radius 1 is 1.46 bits per heavy atom. The second-order valence-corrected chi connectivity index (χ2v) is 4.91. The molecule has 0 heterocycles. The molecule has 6 heteroatoms. The van der Waals surface area contributed by atoms with Crippen molar-refractivity contribution < 1.29 is 12.8 Å². The maximum Gasteiger partial charge on any atom is 0.241 e. The van der Waals surface area contributed by atoms with Gasteiger partial charge < -0.3 is 0 Å². The highest BCUT2D eigenvalue weighted by molar-refractivity contribution is 9.10. The van der Waals surface area contributed by atoms with E-state index >= 15 is 0 Å². The van der Waals surface area contributed by atoms with Gasteiger partial charge in [-0.3, -0.25) is 0 Å². The zero-order valence-electron chi connectivity index (χ0n) is 6.71. The third-order valence-electron chi connectivity index (χ3n) is 1.47. The van der Waals surface area contributed by atoms with Crippen molar-refractivity contribution in [3.05, 3.63) is 28.5 Å². The van der Waals surface area contributed by atoms with Gasteiger partial charge in [-0.1, -0.05) is 6.07 Å². The zero-order valence-corrected chi connectivity index (χ0v) is 9.12. The molecule has 0 fully saturated rings. The van der Waals surface area contributed by atoms with Gasteiger partial charge in [0.05, 0.1) is 9.37 Å². The largest absolute Gasteiger partial charge is 0.241 e. The molecule has 0 aliphatic rings. The van der Waals surface area contributed by atoms with Crippen LogP contribution in [0.1, 0.15) is 0 Å². The number of benzene rings is 1. The SMILES string of the molecule is CNS(=O)(=O)c1cccc(F)c1Br. The smallest absolute Gasteiger partial charge is 0.214 e. The molecule has 0 saturated heterocycles. The van der Waals surface area contributed by atoms with Gasteiger partial charge in [-0.05, 0) is 35.1 Å². The van der Waals surface area contributed by atoms with Crippen molar-refractivity contribution in [3.8, 4) is 0 Å². The molecule has 0 saturated carbocycles. The molecule has 0 aromatic heterocycles. The summed E-state index contributed by atoms with van der Waals surface area (Å²) >= 11 is 2.86. The quantitative estimate of drug-likeness (QED) is 0.883. The van der Waals surface area contributed by atoms with Gasteiger partial charge in [-0.15, -0.1) is 0 Å². The lowest BCUT2D eigenvalue weighted by Crippen LogP contribution is -2.19. The number of hydrogen-bond acceptors (Lipinski definition) is 2. The Hall–Kier alpha value is -0.460. The average molecular weight is 268 g/mol. The predicted octanol–water partition coefficient (Wildman–Crippen LogP) is 1.50. The topological polar surface area (TPSA) is 46.2 Å². The highest BCUT2D eigenvalue weighted by atomic mass is 79.9. The second-order valence-electron chi connectivity index (χ2n) is 2.26. The molecule has 1 rings (SSSR count). The maximum atomic E-state index is 12.9. The van der Waals surface area contributed by atoms with E-state index in [1.165, 1.54) is 25.2 Å². The van der Waals surface area contributed by atoms with Crippen molar-refractivity contribution in [1.82, 2.24) is 4.72 Å². The van der Waals surface area contributed by atoms with Gasteiger partial charge in [0.25, 0.3) is 0 Å². The Morgan fingerprint density at radius 2 is 2.08 bits per heavy atom. The molecule has 0 radical (unpaired) electrons. The van der Waals surface area contributed by atoms with E-state index in [0.29, 0.717) is 0 Å². The lowest BCUT2D eigenvalue weighted by atomic mass is 10.3. The second kappa shape index (κ2) is 3.73. The van der Waals surface area contributed by atoms with Crippen LogP contribution in [0.4, 0.5) is 4.39 Å². The molecule has 3 nitrogen and oxygen atoms in total. The van der Waals surface area contributed by atoms with Crippen molar-refractivity contribution in [3.63, 3.8) is 0 Å². The molecule has 0 aliphatic carbocycles. The summed E-state index contributed by atoms with van der Waals surface area (Å²) in [4.78, 5) is -0.102. The normalized spacial score (nSPS) is 11.6. The summed E-state index contributed by atoms with van der Waals surface area (Å²) in [6.45, 7) is 0. The zero-order chi connectivity index (χ0) is 10.1. The van der Waals surface area contributed by atoms with Crippen molar-refractivity contribution >= 4 is 26.0 Å². The minimum absolute atomic E-state index is 0.0515. The van der Waals surface area contributed by atoms with Crippen molar-refractivity contribution in [2.75, 3.05) is 7.05 Å². The highest BCUT2D eigenvalue weighted by Crippen LogP contribution is 2.23. The lowest BCUT2D eigenvalue weighted by molar-refractivity contribution is 0.581. The number of nitrogens with one attached hydrogen (secondary N) is 1. The highest BCUT2D eigenvalue weighted by Gasteiger charge is 2.17. The summed E-state index contributed by atoms with van der Waals surface area (Å²) in [5.74, 6) is -0.601. The fourth-order valence-electron chi connectivity index (χ4n) is 0.802. The van der Waals surface area contributed by atoms with E-state index in [2.05, 4.69) is 20.7 Å². The standard InChI is InChI=1S/C7H7BrFNO2S/c1-10-13(11,12)6-4-2-3-5(9)7(6)8/h2-4,10H,1H3. The maximum absolute atomic E-state index is 12.9. The molecular formula is C7H7BrFNO2S. The Labute approximate surface area is 84.1 Å². The monoisotopic (exact) mass is 267 g/mol.